The van der Waals surface area contributed by atoms with Gasteiger partial charge in [-0.1, -0.05) is 15.9 Å². The smallest absolute Gasteiger partial charge is 0.543 e. The number of benzene rings is 1. The third-order valence-electron chi connectivity index (χ3n) is 4.84. The second-order valence-electron chi connectivity index (χ2n) is 6.40. The summed E-state index contributed by atoms with van der Waals surface area (Å²) < 4.78 is 2.29. The maximum absolute atomic E-state index is 12.3. The van der Waals surface area contributed by atoms with Gasteiger partial charge in [0, 0.05) is 4.47 Å². The van der Waals surface area contributed by atoms with Crippen LogP contribution in [-0.4, -0.2) is 48.8 Å². The van der Waals surface area contributed by atoms with Crippen LogP contribution in [0.15, 0.2) is 41.0 Å². The van der Waals surface area contributed by atoms with E-state index >= 15 is 0 Å². The number of aromatic nitrogens is 3. The van der Waals surface area contributed by atoms with Crippen molar-refractivity contribution in [2.45, 2.75) is 25.5 Å². The third kappa shape index (κ3) is 3.27. The van der Waals surface area contributed by atoms with Crippen LogP contribution in [0.2, 0.25) is 0 Å². The van der Waals surface area contributed by atoms with Crippen LogP contribution in [0.5, 0.6) is 0 Å². The molecule has 2 aliphatic heterocycles. The number of amides is 1. The molecule has 4 rings (SSSR count). The first-order chi connectivity index (χ1) is 12.4. The molecule has 1 aromatic carbocycles. The Morgan fingerprint density at radius 3 is 2.74 bits per heavy atom. The standard InChI is InChI=1S/C17H15BrN4O4.Na/c1-8(23)14-13-5-12(15(17(25)26)22(13)16(14)24)9-2-10(18)4-11(3-9)21-7-19-6-20-21;/h2-4,6-8,13-14,23H,5H2,1H3,(H,25,26);/q;+1/p-1/t8-,13?,14-;/m1./s1. The molecule has 2 aliphatic rings. The molecule has 2 aromatic rings. The first kappa shape index (κ1) is 20.2. The van der Waals surface area contributed by atoms with E-state index in [0.29, 0.717) is 23.2 Å². The molecule has 1 fully saturated rings. The van der Waals surface area contributed by atoms with Gasteiger partial charge in [-0.25, -0.2) is 9.67 Å². The molecule has 1 saturated heterocycles. The normalized spacial score (nSPS) is 22.2. The number of nitrogens with zero attached hydrogens (tertiary/aromatic N) is 4. The number of rotatable bonds is 4. The fourth-order valence-electron chi connectivity index (χ4n) is 3.74. The summed E-state index contributed by atoms with van der Waals surface area (Å²) >= 11 is 3.43. The number of carbonyl (C=O) groups excluding carboxylic acids is 2. The van der Waals surface area contributed by atoms with E-state index in [1.807, 2.05) is 6.07 Å². The van der Waals surface area contributed by atoms with Crippen molar-refractivity contribution < 1.29 is 49.4 Å². The van der Waals surface area contributed by atoms with Crippen LogP contribution in [0.25, 0.3) is 11.3 Å². The summed E-state index contributed by atoms with van der Waals surface area (Å²) in [5.41, 5.74) is 1.73. The van der Waals surface area contributed by atoms with Gasteiger partial charge in [-0.15, -0.1) is 0 Å². The number of carboxylic acids is 1. The molecule has 1 unspecified atom stereocenters. The third-order valence-corrected chi connectivity index (χ3v) is 5.29. The predicted molar refractivity (Wildman–Crippen MR) is 91.4 cm³/mol. The van der Waals surface area contributed by atoms with E-state index in [4.69, 9.17) is 0 Å². The molecule has 134 valence electrons. The van der Waals surface area contributed by atoms with Crippen LogP contribution in [0.4, 0.5) is 0 Å². The van der Waals surface area contributed by atoms with Gasteiger partial charge in [0.05, 0.1) is 35.4 Å². The van der Waals surface area contributed by atoms with Crippen molar-refractivity contribution in [2.75, 3.05) is 0 Å². The summed E-state index contributed by atoms with van der Waals surface area (Å²) in [6.45, 7) is 1.54. The van der Waals surface area contributed by atoms with Crippen molar-refractivity contribution in [3.63, 3.8) is 0 Å². The van der Waals surface area contributed by atoms with Gasteiger partial charge in [0.25, 0.3) is 0 Å². The number of aliphatic hydroxyl groups is 1. The Morgan fingerprint density at radius 2 is 2.15 bits per heavy atom. The zero-order valence-corrected chi connectivity index (χ0v) is 18.3. The van der Waals surface area contributed by atoms with E-state index in [2.05, 4.69) is 26.0 Å². The first-order valence-electron chi connectivity index (χ1n) is 8.00. The predicted octanol–water partition coefficient (Wildman–Crippen LogP) is -2.89. The van der Waals surface area contributed by atoms with E-state index in [0.717, 1.165) is 4.47 Å². The number of hydrogen-bond donors (Lipinski definition) is 1. The molecule has 3 heterocycles. The minimum atomic E-state index is -1.40. The van der Waals surface area contributed by atoms with Crippen molar-refractivity contribution in [1.29, 1.82) is 0 Å². The summed E-state index contributed by atoms with van der Waals surface area (Å²) in [6.07, 6.45) is 2.45. The maximum Gasteiger partial charge on any atom is 1.00 e. The molecule has 3 atom stereocenters. The quantitative estimate of drug-likeness (QED) is 0.403. The number of β-lactam (4-membered cyclic amide) rings is 1. The molecule has 1 amide bonds. The Kier molecular flexibility index (Phi) is 5.60. The van der Waals surface area contributed by atoms with Crippen molar-refractivity contribution in [1.82, 2.24) is 19.7 Å². The number of carboxylic acid groups (broad SMARTS) is 1. The van der Waals surface area contributed by atoms with Gasteiger partial charge < -0.3 is 19.9 Å². The Balaban J connectivity index is 0.00000210. The average molecular weight is 441 g/mol. The molecule has 8 nitrogen and oxygen atoms in total. The minimum Gasteiger partial charge on any atom is -0.543 e. The topological polar surface area (TPSA) is 111 Å². The second kappa shape index (κ2) is 7.48. The maximum atomic E-state index is 12.3. The molecule has 0 radical (unpaired) electrons. The van der Waals surface area contributed by atoms with Crippen LogP contribution in [-0.2, 0) is 9.59 Å². The molecule has 27 heavy (non-hydrogen) atoms. The van der Waals surface area contributed by atoms with Gasteiger partial charge in [-0.2, -0.15) is 5.10 Å². The zero-order chi connectivity index (χ0) is 18.6. The Morgan fingerprint density at radius 1 is 1.41 bits per heavy atom. The fourth-order valence-corrected chi connectivity index (χ4v) is 4.22. The van der Waals surface area contributed by atoms with Crippen molar-refractivity contribution in [2.24, 2.45) is 5.92 Å². The van der Waals surface area contributed by atoms with Crippen molar-refractivity contribution in [3.8, 4) is 5.69 Å². The Bertz CT molecular complexity index is 944. The van der Waals surface area contributed by atoms with E-state index in [1.54, 1.807) is 23.7 Å². The largest absolute Gasteiger partial charge is 1.00 e. The van der Waals surface area contributed by atoms with Crippen LogP contribution in [0, 0.1) is 5.92 Å². The first-order valence-corrected chi connectivity index (χ1v) is 8.79. The van der Waals surface area contributed by atoms with E-state index in [1.165, 1.54) is 17.6 Å². The summed E-state index contributed by atoms with van der Waals surface area (Å²) in [5, 5.41) is 25.6. The van der Waals surface area contributed by atoms with Gasteiger partial charge >= 0.3 is 29.6 Å². The van der Waals surface area contributed by atoms with Gasteiger partial charge in [-0.05, 0) is 42.7 Å². The number of aliphatic carboxylic acids is 1. The molecule has 1 N–H and O–H groups in total. The molecule has 0 bridgehead atoms. The summed E-state index contributed by atoms with van der Waals surface area (Å²) in [5.74, 6) is -2.38. The van der Waals surface area contributed by atoms with Gasteiger partial charge in [0.15, 0.2) is 0 Å². The van der Waals surface area contributed by atoms with Crippen LogP contribution in [0.1, 0.15) is 18.9 Å². The fraction of sp³-hybridized carbons (Fsp3) is 0.294. The summed E-state index contributed by atoms with van der Waals surface area (Å²) in [6, 6.07) is 5.03. The molecule has 1 aromatic heterocycles. The van der Waals surface area contributed by atoms with Gasteiger partial charge in [0.2, 0.25) is 5.91 Å². The number of aliphatic hydroxyl groups excluding tert-OH is 1. The second-order valence-corrected chi connectivity index (χ2v) is 7.31. The number of carbonyl (C=O) groups is 2. The number of fused-ring (bicyclic) bond motifs is 1. The number of hydrogen-bond acceptors (Lipinski definition) is 6. The van der Waals surface area contributed by atoms with Crippen molar-refractivity contribution >= 4 is 33.4 Å². The molecule has 0 aliphatic carbocycles. The molecule has 0 saturated carbocycles. The van der Waals surface area contributed by atoms with Gasteiger partial charge in [0.1, 0.15) is 12.7 Å². The average Bonchev–Trinajstić information content (AvgIpc) is 3.19. The zero-order valence-electron chi connectivity index (χ0n) is 14.7. The monoisotopic (exact) mass is 440 g/mol. The van der Waals surface area contributed by atoms with Crippen LogP contribution < -0.4 is 34.7 Å². The van der Waals surface area contributed by atoms with Crippen LogP contribution in [0.3, 0.4) is 0 Å². The summed E-state index contributed by atoms with van der Waals surface area (Å²) in [7, 11) is 0. The molecule has 0 spiro atoms. The molecular formula is C17H14BrN4NaO4. The van der Waals surface area contributed by atoms with Crippen LogP contribution >= 0.6 is 15.9 Å². The molecule has 10 heteroatoms. The minimum absolute atomic E-state index is 0. The Hall–Kier alpha value is -1.52. The SMILES string of the molecule is C[C@@H](O)[C@H]1C(=O)N2C(C(=O)[O-])=C(c3cc(Br)cc(-n4cncn4)c3)CC12.[Na+]. The summed E-state index contributed by atoms with van der Waals surface area (Å²) in [4.78, 5) is 29.2. The van der Waals surface area contributed by atoms with Gasteiger partial charge in [-0.3, -0.25) is 4.79 Å². The van der Waals surface area contributed by atoms with E-state index in [9.17, 15) is 19.8 Å². The van der Waals surface area contributed by atoms with Crippen molar-refractivity contribution in [3.05, 3.63) is 46.6 Å². The molecular weight excluding hydrogens is 427 g/mol. The van der Waals surface area contributed by atoms with E-state index < -0.39 is 18.0 Å². The Labute approximate surface area is 185 Å². The number of halogens is 1. The van der Waals surface area contributed by atoms with E-state index in [-0.39, 0.29) is 47.2 Å².